The molecule has 0 saturated carbocycles. The fourth-order valence-corrected chi connectivity index (χ4v) is 6.73. The predicted molar refractivity (Wildman–Crippen MR) is 148 cm³/mol. The molecule has 1 amide bonds. The molecule has 0 radical (unpaired) electrons. The van der Waals surface area contributed by atoms with E-state index in [1.54, 1.807) is 36.5 Å². The first-order valence-electron chi connectivity index (χ1n) is 13.0. The minimum atomic E-state index is -1.34. The summed E-state index contributed by atoms with van der Waals surface area (Å²) in [5, 5.41) is 3.07. The van der Waals surface area contributed by atoms with Gasteiger partial charge in [0.1, 0.15) is 17.2 Å². The van der Waals surface area contributed by atoms with Crippen molar-refractivity contribution in [3.8, 4) is 0 Å². The molecule has 4 unspecified atom stereocenters. The number of nitrogens with zero attached hydrogens (tertiary/aromatic N) is 2. The molecule has 1 saturated heterocycles. The maximum Gasteiger partial charge on any atom is 0.238 e. The Balaban J connectivity index is 1.54. The van der Waals surface area contributed by atoms with Crippen molar-refractivity contribution in [3.05, 3.63) is 137 Å². The van der Waals surface area contributed by atoms with Gasteiger partial charge in [-0.3, -0.25) is 19.4 Å². The summed E-state index contributed by atoms with van der Waals surface area (Å²) in [6.07, 6.45) is 5.40. The van der Waals surface area contributed by atoms with E-state index in [-0.39, 0.29) is 23.2 Å². The van der Waals surface area contributed by atoms with Gasteiger partial charge < -0.3 is 10.2 Å². The highest BCUT2D eigenvalue weighted by molar-refractivity contribution is 6.16. The molecule has 4 heterocycles. The Morgan fingerprint density at radius 1 is 0.872 bits per heavy atom. The fraction of sp³-hybridized carbons (Fsp3) is 0.152. The lowest BCUT2D eigenvalue weighted by molar-refractivity contribution is -0.122. The number of pyridine rings is 1. The first-order chi connectivity index (χ1) is 19.0. The van der Waals surface area contributed by atoms with Gasteiger partial charge in [0.15, 0.2) is 5.78 Å². The van der Waals surface area contributed by atoms with Crippen molar-refractivity contribution < 1.29 is 14.4 Å². The van der Waals surface area contributed by atoms with Crippen LogP contribution in [0.2, 0.25) is 0 Å². The number of Topliss-reactive ketones (excluding diaryl/α,β-unsaturated/α-hetero) is 2. The number of aryl methyl sites for hydroxylation is 1. The van der Waals surface area contributed by atoms with Crippen molar-refractivity contribution in [2.24, 2.45) is 5.92 Å². The number of hydrogen-bond donors (Lipinski definition) is 1. The minimum Gasteiger partial charge on any atom is -0.358 e. The van der Waals surface area contributed by atoms with Gasteiger partial charge in [-0.25, -0.2) is 0 Å². The molecule has 39 heavy (non-hydrogen) atoms. The number of benzene rings is 3. The maximum atomic E-state index is 14.7. The number of aromatic nitrogens is 1. The summed E-state index contributed by atoms with van der Waals surface area (Å²) < 4.78 is 0. The largest absolute Gasteiger partial charge is 0.358 e. The van der Waals surface area contributed by atoms with E-state index in [2.05, 4.69) is 10.3 Å². The second-order valence-electron chi connectivity index (χ2n) is 10.4. The summed E-state index contributed by atoms with van der Waals surface area (Å²) in [6.45, 7) is 1.96. The van der Waals surface area contributed by atoms with Gasteiger partial charge in [0.25, 0.3) is 0 Å². The summed E-state index contributed by atoms with van der Waals surface area (Å²) in [6, 6.07) is 26.4. The highest BCUT2D eigenvalue weighted by Gasteiger charge is 2.70. The van der Waals surface area contributed by atoms with E-state index < -0.39 is 23.4 Å². The number of amides is 1. The van der Waals surface area contributed by atoms with E-state index in [4.69, 9.17) is 0 Å². The lowest BCUT2D eigenvalue weighted by Crippen LogP contribution is -2.49. The Morgan fingerprint density at radius 3 is 2.41 bits per heavy atom. The van der Waals surface area contributed by atoms with Crippen LogP contribution in [-0.2, 0) is 10.2 Å². The van der Waals surface area contributed by atoms with Gasteiger partial charge in [0, 0.05) is 23.6 Å². The van der Waals surface area contributed by atoms with Gasteiger partial charge in [-0.2, -0.15) is 0 Å². The van der Waals surface area contributed by atoms with Crippen LogP contribution in [0, 0.1) is 12.8 Å². The Kier molecular flexibility index (Phi) is 5.13. The fourth-order valence-electron chi connectivity index (χ4n) is 6.73. The molecule has 6 nitrogen and oxygen atoms in total. The number of nitrogens with one attached hydrogen (secondary N) is 1. The average molecular weight is 512 g/mol. The van der Waals surface area contributed by atoms with Crippen LogP contribution in [0.3, 0.4) is 0 Å². The van der Waals surface area contributed by atoms with Crippen LogP contribution < -0.4 is 5.32 Å². The lowest BCUT2D eigenvalue weighted by atomic mass is 9.62. The summed E-state index contributed by atoms with van der Waals surface area (Å²) in [5.74, 6) is -1.80. The van der Waals surface area contributed by atoms with Crippen molar-refractivity contribution in [2.45, 2.75) is 24.4 Å². The predicted octanol–water partition coefficient (Wildman–Crippen LogP) is 5.37. The number of para-hydroxylation sites is 1. The average Bonchev–Trinajstić information content (AvgIpc) is 3.45. The number of fused-ring (bicyclic) bond motifs is 6. The van der Waals surface area contributed by atoms with Crippen LogP contribution in [0.5, 0.6) is 0 Å². The molecule has 4 aromatic rings. The van der Waals surface area contributed by atoms with Crippen molar-refractivity contribution in [2.75, 3.05) is 5.32 Å². The Bertz CT molecular complexity index is 1680. The molecule has 3 aliphatic heterocycles. The molecule has 3 aliphatic rings. The molecular weight excluding hydrogens is 486 g/mol. The number of rotatable bonds is 4. The number of anilines is 1. The number of carbonyl (C=O) groups is 3. The van der Waals surface area contributed by atoms with E-state index in [1.807, 2.05) is 84.8 Å². The van der Waals surface area contributed by atoms with Crippen LogP contribution in [0.4, 0.5) is 5.69 Å². The zero-order valence-electron chi connectivity index (χ0n) is 21.2. The van der Waals surface area contributed by atoms with Crippen LogP contribution in [0.15, 0.2) is 103 Å². The normalized spacial score (nSPS) is 24.2. The van der Waals surface area contributed by atoms with Crippen molar-refractivity contribution in [1.82, 2.24) is 9.88 Å². The van der Waals surface area contributed by atoms with E-state index in [9.17, 15) is 14.4 Å². The van der Waals surface area contributed by atoms with Crippen LogP contribution in [-0.4, -0.2) is 33.4 Å². The quantitative estimate of drug-likeness (QED) is 0.373. The van der Waals surface area contributed by atoms with Crippen molar-refractivity contribution in [1.29, 1.82) is 0 Å². The van der Waals surface area contributed by atoms with Crippen LogP contribution >= 0.6 is 0 Å². The molecule has 1 aromatic heterocycles. The molecule has 3 aromatic carbocycles. The Morgan fingerprint density at radius 2 is 1.62 bits per heavy atom. The molecular formula is C33H25N3O3. The summed E-state index contributed by atoms with van der Waals surface area (Å²) in [7, 11) is 0. The molecule has 7 rings (SSSR count). The molecule has 6 heteroatoms. The van der Waals surface area contributed by atoms with Gasteiger partial charge in [-0.15, -0.1) is 0 Å². The third-order valence-corrected chi connectivity index (χ3v) is 8.37. The molecule has 1 N–H and O–H groups in total. The van der Waals surface area contributed by atoms with E-state index in [0.29, 0.717) is 11.3 Å². The number of ketones is 2. The molecule has 190 valence electrons. The summed E-state index contributed by atoms with van der Waals surface area (Å²) >= 11 is 0. The van der Waals surface area contributed by atoms with Gasteiger partial charge in [0.2, 0.25) is 11.7 Å². The first kappa shape index (κ1) is 23.3. The van der Waals surface area contributed by atoms with E-state index in [0.717, 1.165) is 22.3 Å². The molecule has 1 spiro atoms. The smallest absolute Gasteiger partial charge is 0.238 e. The highest BCUT2D eigenvalue weighted by atomic mass is 16.2. The van der Waals surface area contributed by atoms with Crippen LogP contribution in [0.25, 0.3) is 6.08 Å². The zero-order chi connectivity index (χ0) is 26.7. The first-order valence-corrected chi connectivity index (χ1v) is 13.0. The van der Waals surface area contributed by atoms with Gasteiger partial charge in [-0.05, 0) is 47.9 Å². The standard InChI is InChI=1S/C33H25N3O3/c1-20-13-15-22(16-14-20)29(37)27-28(30(38)26-12-6-7-18-34-26)36-19-17-21-8-2-3-9-23(21)31(36)33(27)24-10-4-5-11-25(24)35-32(33)39/h2-19,27-28,31H,1H3,(H,35,39). The number of hydrogen-bond acceptors (Lipinski definition) is 5. The van der Waals surface area contributed by atoms with Crippen molar-refractivity contribution in [3.63, 3.8) is 0 Å². The SMILES string of the molecule is Cc1ccc(C(=O)C2C(C(=O)c3ccccn3)N3C=Cc4ccccc4C3C23C(=O)Nc2ccccc23)cc1. The molecule has 4 atom stereocenters. The third kappa shape index (κ3) is 3.21. The molecule has 0 aliphatic carbocycles. The minimum absolute atomic E-state index is 0.239. The second kappa shape index (κ2) is 8.60. The van der Waals surface area contributed by atoms with E-state index in [1.165, 1.54) is 0 Å². The van der Waals surface area contributed by atoms with Gasteiger partial charge in [-0.1, -0.05) is 78.4 Å². The number of carbonyl (C=O) groups excluding carboxylic acids is 3. The zero-order valence-corrected chi connectivity index (χ0v) is 21.2. The van der Waals surface area contributed by atoms with E-state index >= 15 is 0 Å². The van der Waals surface area contributed by atoms with Gasteiger partial charge in [0.05, 0.1) is 12.0 Å². The highest BCUT2D eigenvalue weighted by Crippen LogP contribution is 2.62. The Labute approximate surface area is 226 Å². The second-order valence-corrected chi connectivity index (χ2v) is 10.4. The summed E-state index contributed by atoms with van der Waals surface area (Å²) in [5.41, 5.74) is 3.69. The maximum absolute atomic E-state index is 14.7. The third-order valence-electron chi connectivity index (χ3n) is 8.37. The van der Waals surface area contributed by atoms with Crippen LogP contribution in [0.1, 0.15) is 49.1 Å². The topological polar surface area (TPSA) is 79.4 Å². The lowest BCUT2D eigenvalue weighted by Gasteiger charge is -2.38. The Hall–Kier alpha value is -4.84. The monoisotopic (exact) mass is 511 g/mol. The van der Waals surface area contributed by atoms with Gasteiger partial charge >= 0.3 is 0 Å². The molecule has 0 bridgehead atoms. The summed E-state index contributed by atoms with van der Waals surface area (Å²) in [4.78, 5) is 49.7. The molecule has 1 fully saturated rings. The van der Waals surface area contributed by atoms with Crippen molar-refractivity contribution >= 4 is 29.2 Å².